The Hall–Kier alpha value is -0.910. The predicted molar refractivity (Wildman–Crippen MR) is 103 cm³/mol. The van der Waals surface area contributed by atoms with E-state index in [1.807, 2.05) is 0 Å². The number of rotatable bonds is 5. The van der Waals surface area contributed by atoms with Crippen molar-refractivity contribution in [1.29, 1.82) is 0 Å². The first-order valence-corrected chi connectivity index (χ1v) is 10.4. The number of hydrogen-bond donors (Lipinski definition) is 0. The molecule has 2 saturated carbocycles. The van der Waals surface area contributed by atoms with Crippen LogP contribution in [0.15, 0.2) is 11.1 Å². The number of likely N-dealkylation sites (N-methyl/N-ethyl adjacent to an activating group) is 1. The summed E-state index contributed by atoms with van der Waals surface area (Å²) in [5, 5.41) is 0. The zero-order valence-electron chi connectivity index (χ0n) is 17.7. The fraction of sp³-hybridized carbons (Fsp3) is 0.864. The number of ether oxygens (including phenoxy) is 3. The normalized spacial score (nSPS) is 42.8. The van der Waals surface area contributed by atoms with Gasteiger partial charge in [0.1, 0.15) is 6.79 Å². The molecule has 4 aliphatic rings. The summed E-state index contributed by atoms with van der Waals surface area (Å²) in [4.78, 5) is 15.3. The Balaban J connectivity index is 1.76. The molecule has 3 fully saturated rings. The number of fused-ring (bicyclic) bond motifs is 4. The summed E-state index contributed by atoms with van der Waals surface area (Å²) in [7, 11) is 5.27. The summed E-state index contributed by atoms with van der Waals surface area (Å²) in [6.45, 7) is 7.61. The van der Waals surface area contributed by atoms with Gasteiger partial charge in [0.05, 0.1) is 24.8 Å². The van der Waals surface area contributed by atoms with Gasteiger partial charge in [-0.1, -0.05) is 26.3 Å². The third-order valence-corrected chi connectivity index (χ3v) is 8.99. The first-order chi connectivity index (χ1) is 12.8. The molecule has 152 valence electrons. The van der Waals surface area contributed by atoms with Gasteiger partial charge >= 0.3 is 5.97 Å². The molecule has 4 bridgehead atoms. The molecule has 5 nitrogen and oxygen atoms in total. The molecule has 0 aromatic heterocycles. The molecule has 6 atom stereocenters. The minimum atomic E-state index is -0.169. The summed E-state index contributed by atoms with van der Waals surface area (Å²) < 4.78 is 16.4. The molecular weight excluding hydrogens is 342 g/mol. The highest BCUT2D eigenvalue weighted by molar-refractivity contribution is 5.91. The maximum absolute atomic E-state index is 13.0. The van der Waals surface area contributed by atoms with Gasteiger partial charge < -0.3 is 14.2 Å². The van der Waals surface area contributed by atoms with E-state index < -0.39 is 0 Å². The molecule has 2 aliphatic carbocycles. The minimum Gasteiger partial charge on any atom is -0.466 e. The molecule has 0 spiro atoms. The monoisotopic (exact) mass is 377 g/mol. The lowest BCUT2D eigenvalue weighted by Crippen LogP contribution is -2.46. The minimum absolute atomic E-state index is 0.00837. The molecule has 2 heterocycles. The largest absolute Gasteiger partial charge is 0.466 e. The summed E-state index contributed by atoms with van der Waals surface area (Å²) >= 11 is 0. The Morgan fingerprint density at radius 2 is 1.96 bits per heavy atom. The number of methoxy groups -OCH3 is 2. The highest BCUT2D eigenvalue weighted by Gasteiger charge is 2.63. The lowest BCUT2D eigenvalue weighted by atomic mass is 9.63. The van der Waals surface area contributed by atoms with E-state index in [0.717, 1.165) is 24.3 Å². The summed E-state index contributed by atoms with van der Waals surface area (Å²) in [5.74, 6) is 1.08. The van der Waals surface area contributed by atoms with Crippen molar-refractivity contribution in [2.75, 3.05) is 28.1 Å². The predicted octanol–water partition coefficient (Wildman–Crippen LogP) is 3.38. The van der Waals surface area contributed by atoms with Gasteiger partial charge in [0.25, 0.3) is 0 Å². The fourth-order valence-electron chi connectivity index (χ4n) is 6.96. The Morgan fingerprint density at radius 1 is 1.22 bits per heavy atom. The van der Waals surface area contributed by atoms with E-state index in [1.54, 1.807) is 7.11 Å². The highest BCUT2D eigenvalue weighted by atomic mass is 16.7. The van der Waals surface area contributed by atoms with Crippen LogP contribution in [0.3, 0.4) is 0 Å². The van der Waals surface area contributed by atoms with Crippen LogP contribution >= 0.6 is 0 Å². The van der Waals surface area contributed by atoms with Crippen molar-refractivity contribution in [2.24, 2.45) is 22.7 Å². The van der Waals surface area contributed by atoms with Crippen molar-refractivity contribution >= 4 is 5.97 Å². The van der Waals surface area contributed by atoms with Gasteiger partial charge in [-0.25, -0.2) is 4.79 Å². The summed E-state index contributed by atoms with van der Waals surface area (Å²) in [5.41, 5.74) is 2.85. The Morgan fingerprint density at radius 3 is 2.52 bits per heavy atom. The third-order valence-electron chi connectivity index (χ3n) is 8.99. The second-order valence-corrected chi connectivity index (χ2v) is 9.91. The van der Waals surface area contributed by atoms with E-state index in [1.165, 1.54) is 31.9 Å². The van der Waals surface area contributed by atoms with Gasteiger partial charge in [0.15, 0.2) is 0 Å². The first-order valence-electron chi connectivity index (χ1n) is 10.4. The van der Waals surface area contributed by atoms with Crippen LogP contribution in [0.25, 0.3) is 0 Å². The molecule has 2 aliphatic heterocycles. The van der Waals surface area contributed by atoms with Crippen LogP contribution in [0, 0.1) is 22.7 Å². The number of carbonyl (C=O) groups excluding carboxylic acids is 1. The molecule has 0 aromatic rings. The molecule has 0 amide bonds. The van der Waals surface area contributed by atoms with E-state index >= 15 is 0 Å². The highest BCUT2D eigenvalue weighted by Crippen LogP contribution is 2.70. The summed E-state index contributed by atoms with van der Waals surface area (Å²) in [6.07, 6.45) is 5.71. The zero-order chi connectivity index (χ0) is 19.6. The molecule has 1 saturated heterocycles. The van der Waals surface area contributed by atoms with Crippen molar-refractivity contribution in [3.8, 4) is 0 Å². The molecule has 0 aromatic carbocycles. The van der Waals surface area contributed by atoms with Crippen LogP contribution in [0.1, 0.15) is 52.9 Å². The maximum Gasteiger partial charge on any atom is 0.335 e. The van der Waals surface area contributed by atoms with Crippen LogP contribution < -0.4 is 0 Å². The second kappa shape index (κ2) is 6.57. The van der Waals surface area contributed by atoms with E-state index in [-0.39, 0.29) is 30.3 Å². The van der Waals surface area contributed by atoms with Crippen LogP contribution in [0.4, 0.5) is 0 Å². The average molecular weight is 378 g/mol. The molecule has 5 heteroatoms. The van der Waals surface area contributed by atoms with E-state index in [9.17, 15) is 4.79 Å². The zero-order valence-corrected chi connectivity index (χ0v) is 17.7. The lowest BCUT2D eigenvalue weighted by Gasteiger charge is -2.44. The van der Waals surface area contributed by atoms with Gasteiger partial charge in [-0.2, -0.15) is 0 Å². The number of nitrogens with zero attached hydrogens (tertiary/aromatic N) is 1. The van der Waals surface area contributed by atoms with Crippen LogP contribution in [0.5, 0.6) is 0 Å². The van der Waals surface area contributed by atoms with Crippen molar-refractivity contribution in [2.45, 2.75) is 71.1 Å². The SMILES string of the molecule is COCO[C@@H]1CC2CC(C3CC4CC[C@@]3(C)C4(C)C)=C(C(=O)OC)C1N2C. The van der Waals surface area contributed by atoms with Crippen molar-refractivity contribution in [3.63, 3.8) is 0 Å². The lowest BCUT2D eigenvalue weighted by molar-refractivity contribution is -0.138. The molecule has 0 radical (unpaired) electrons. The molecule has 0 N–H and O–H groups in total. The van der Waals surface area contributed by atoms with Crippen molar-refractivity contribution < 1.29 is 19.0 Å². The van der Waals surface area contributed by atoms with Crippen molar-refractivity contribution in [3.05, 3.63) is 11.1 Å². The Labute approximate surface area is 163 Å². The van der Waals surface area contributed by atoms with Gasteiger partial charge in [-0.15, -0.1) is 0 Å². The van der Waals surface area contributed by atoms with Gasteiger partial charge in [0, 0.05) is 13.2 Å². The maximum atomic E-state index is 13.0. The second-order valence-electron chi connectivity index (χ2n) is 9.91. The third kappa shape index (κ3) is 2.57. The van der Waals surface area contributed by atoms with E-state index in [4.69, 9.17) is 14.2 Å². The number of hydrogen-bond acceptors (Lipinski definition) is 5. The summed E-state index contributed by atoms with van der Waals surface area (Å²) in [6, 6.07) is 0.415. The first kappa shape index (κ1) is 19.4. The Kier molecular flexibility index (Phi) is 4.72. The smallest absolute Gasteiger partial charge is 0.335 e. The van der Waals surface area contributed by atoms with E-state index in [2.05, 4.69) is 32.7 Å². The van der Waals surface area contributed by atoms with Crippen molar-refractivity contribution in [1.82, 2.24) is 4.90 Å². The van der Waals surface area contributed by atoms with Gasteiger partial charge in [-0.05, 0) is 61.8 Å². The topological polar surface area (TPSA) is 48.0 Å². The molecule has 4 rings (SSSR count). The molecule has 4 unspecified atom stereocenters. The van der Waals surface area contributed by atoms with Crippen LogP contribution in [0.2, 0.25) is 0 Å². The van der Waals surface area contributed by atoms with Gasteiger partial charge in [-0.3, -0.25) is 4.90 Å². The molecular formula is C22H35NO4. The number of esters is 1. The van der Waals surface area contributed by atoms with E-state index in [0.29, 0.717) is 17.4 Å². The van der Waals surface area contributed by atoms with Crippen LogP contribution in [-0.2, 0) is 19.0 Å². The van der Waals surface area contributed by atoms with Gasteiger partial charge in [0.2, 0.25) is 0 Å². The fourth-order valence-corrected chi connectivity index (χ4v) is 6.96. The number of carbonyl (C=O) groups is 1. The standard InChI is InChI=1S/C22H35NO4/c1-21(2)13-7-8-22(21,3)16(9-13)15-10-14-11-17(27-12-25-5)19(23(14)4)18(15)20(24)26-6/h13-14,16-17,19H,7-12H2,1-6H3/t13?,14?,16?,17-,19?,22-/m1/s1. The Bertz CT molecular complexity index is 657. The average Bonchev–Trinajstić information content (AvgIpc) is 3.06. The molecule has 27 heavy (non-hydrogen) atoms. The quantitative estimate of drug-likeness (QED) is 0.543. The van der Waals surface area contributed by atoms with Crippen LogP contribution in [-0.4, -0.2) is 57.1 Å².